The Morgan fingerprint density at radius 3 is 1.31 bits per heavy atom. The monoisotopic (exact) mass is 562 g/mol. The Morgan fingerprint density at radius 2 is 0.872 bits per heavy atom. The summed E-state index contributed by atoms with van der Waals surface area (Å²) in [7, 11) is 0. The van der Waals surface area contributed by atoms with Gasteiger partial charge in [-0.25, -0.2) is 0 Å². The highest BCUT2D eigenvalue weighted by Gasteiger charge is 2.09. The minimum Gasteiger partial charge on any atom is -0.307 e. The molecule has 0 aliphatic rings. The summed E-state index contributed by atoms with van der Waals surface area (Å²) in [5.41, 5.74) is 0. The molecule has 3 heteroatoms. The van der Waals surface area contributed by atoms with Crippen LogP contribution in [0.25, 0.3) is 0 Å². The molecule has 1 unspecified atom stereocenters. The van der Waals surface area contributed by atoms with Gasteiger partial charge in [0.15, 0.2) is 12.3 Å². The highest BCUT2D eigenvalue weighted by atomic mass is 32.2. The van der Waals surface area contributed by atoms with E-state index in [1.165, 1.54) is 141 Å². The maximum absolute atomic E-state index is 9.17. The molecule has 1 N–H and O–H groups in total. The SMILES string of the molecule is CCCCC/C=C\C/C=C\CCCCCCCCC(CCCCCCCC/C=C\C=C\CCCCC)OSO. The van der Waals surface area contributed by atoms with E-state index in [2.05, 4.69) is 62.5 Å². The second kappa shape index (κ2) is 35.3. The fourth-order valence-corrected chi connectivity index (χ4v) is 5.18. The molecule has 0 saturated heterocycles. The molecule has 0 saturated carbocycles. The first-order chi connectivity index (χ1) is 19.3. The molecular formula is C36H66O2S. The molecule has 0 spiro atoms. The summed E-state index contributed by atoms with van der Waals surface area (Å²) in [5.74, 6) is 0. The fraction of sp³-hybridized carbons (Fsp3) is 0.778. The summed E-state index contributed by atoms with van der Waals surface area (Å²) >= 11 is 0.564. The van der Waals surface area contributed by atoms with Gasteiger partial charge in [0.25, 0.3) is 0 Å². The zero-order valence-corrected chi connectivity index (χ0v) is 27.0. The first kappa shape index (κ1) is 38.2. The van der Waals surface area contributed by atoms with Crippen molar-refractivity contribution in [2.75, 3.05) is 0 Å². The van der Waals surface area contributed by atoms with Crippen molar-refractivity contribution >= 4 is 12.3 Å². The van der Waals surface area contributed by atoms with Crippen molar-refractivity contribution in [3.8, 4) is 0 Å². The normalized spacial score (nSPS) is 13.2. The van der Waals surface area contributed by atoms with Crippen molar-refractivity contribution in [3.05, 3.63) is 48.6 Å². The van der Waals surface area contributed by atoms with Gasteiger partial charge in [0.1, 0.15) is 0 Å². The lowest BCUT2D eigenvalue weighted by Gasteiger charge is -2.14. The average Bonchev–Trinajstić information content (AvgIpc) is 2.94. The molecule has 0 fully saturated rings. The Bertz CT molecular complexity index is 566. The van der Waals surface area contributed by atoms with Gasteiger partial charge in [0, 0.05) is 0 Å². The van der Waals surface area contributed by atoms with Crippen molar-refractivity contribution in [1.82, 2.24) is 0 Å². The maximum atomic E-state index is 9.17. The number of rotatable bonds is 31. The van der Waals surface area contributed by atoms with Crippen molar-refractivity contribution in [3.63, 3.8) is 0 Å². The van der Waals surface area contributed by atoms with E-state index < -0.39 is 0 Å². The van der Waals surface area contributed by atoms with E-state index >= 15 is 0 Å². The van der Waals surface area contributed by atoms with E-state index in [-0.39, 0.29) is 6.10 Å². The maximum Gasteiger partial charge on any atom is 0.155 e. The Balaban J connectivity index is 3.52. The van der Waals surface area contributed by atoms with Gasteiger partial charge in [0.05, 0.1) is 6.10 Å². The van der Waals surface area contributed by atoms with Crippen LogP contribution in [0.1, 0.15) is 174 Å². The van der Waals surface area contributed by atoms with Crippen LogP contribution in [-0.2, 0) is 4.18 Å². The van der Waals surface area contributed by atoms with Crippen LogP contribution in [0, 0.1) is 0 Å². The van der Waals surface area contributed by atoms with Gasteiger partial charge in [-0.3, -0.25) is 4.18 Å². The Labute approximate surface area is 249 Å². The van der Waals surface area contributed by atoms with E-state index in [4.69, 9.17) is 4.18 Å². The first-order valence-corrected chi connectivity index (χ1v) is 17.6. The molecule has 0 aliphatic heterocycles. The summed E-state index contributed by atoms with van der Waals surface area (Å²) in [6, 6.07) is 0. The van der Waals surface area contributed by atoms with Crippen molar-refractivity contribution in [2.45, 2.75) is 180 Å². The van der Waals surface area contributed by atoms with Gasteiger partial charge < -0.3 is 4.55 Å². The third-order valence-corrected chi connectivity index (χ3v) is 7.77. The first-order valence-electron chi connectivity index (χ1n) is 16.9. The molecule has 39 heavy (non-hydrogen) atoms. The summed E-state index contributed by atoms with van der Waals surface area (Å²) < 4.78 is 14.7. The van der Waals surface area contributed by atoms with Crippen molar-refractivity contribution < 1.29 is 8.74 Å². The van der Waals surface area contributed by atoms with Crippen LogP contribution in [0.15, 0.2) is 48.6 Å². The number of unbranched alkanes of at least 4 members (excludes halogenated alkanes) is 18. The standard InChI is InChI=1S/C36H66O2S/c1-3-5-7-9-11-13-15-17-19-21-23-25-27-29-31-33-35-36(38-39-37)34-32-30-28-26-24-22-20-18-16-14-12-10-8-6-4-2/h11-14,16-19,36-37H,3-10,15,20-35H2,1-2H3/b13-11-,14-12+,18-16-,19-17-. The molecule has 0 amide bonds. The predicted octanol–water partition coefficient (Wildman–Crippen LogP) is 13.5. The molecule has 0 bridgehead atoms. The van der Waals surface area contributed by atoms with E-state index in [9.17, 15) is 4.55 Å². The lowest BCUT2D eigenvalue weighted by atomic mass is 10.0. The van der Waals surface area contributed by atoms with Gasteiger partial charge in [0.2, 0.25) is 0 Å². The van der Waals surface area contributed by atoms with Crippen molar-refractivity contribution in [2.24, 2.45) is 0 Å². The fourth-order valence-electron chi connectivity index (χ4n) is 4.86. The van der Waals surface area contributed by atoms with Crippen molar-refractivity contribution in [1.29, 1.82) is 0 Å². The zero-order chi connectivity index (χ0) is 28.3. The summed E-state index contributed by atoms with van der Waals surface area (Å²) in [6.07, 6.45) is 50.4. The van der Waals surface area contributed by atoms with E-state index in [1.807, 2.05) is 0 Å². The molecule has 2 nitrogen and oxygen atoms in total. The minimum absolute atomic E-state index is 0.214. The summed E-state index contributed by atoms with van der Waals surface area (Å²) in [6.45, 7) is 4.52. The lowest BCUT2D eigenvalue weighted by molar-refractivity contribution is 0.193. The molecule has 0 aliphatic carbocycles. The summed E-state index contributed by atoms with van der Waals surface area (Å²) in [5, 5.41) is 0. The molecule has 228 valence electrons. The second-order valence-electron chi connectivity index (χ2n) is 11.2. The number of hydrogen-bond acceptors (Lipinski definition) is 3. The smallest absolute Gasteiger partial charge is 0.155 e. The van der Waals surface area contributed by atoms with Gasteiger partial charge in [-0.1, -0.05) is 152 Å². The third kappa shape index (κ3) is 33.3. The van der Waals surface area contributed by atoms with Crippen LogP contribution in [0.2, 0.25) is 0 Å². The van der Waals surface area contributed by atoms with Crippen LogP contribution >= 0.6 is 12.3 Å². The number of allylic oxidation sites excluding steroid dienone is 8. The zero-order valence-electron chi connectivity index (χ0n) is 26.1. The van der Waals surface area contributed by atoms with Crippen LogP contribution in [0.3, 0.4) is 0 Å². The van der Waals surface area contributed by atoms with E-state index in [0.29, 0.717) is 12.3 Å². The van der Waals surface area contributed by atoms with Crippen LogP contribution < -0.4 is 0 Å². The highest BCUT2D eigenvalue weighted by Crippen LogP contribution is 2.19. The molecule has 1 atom stereocenters. The molecule has 0 heterocycles. The quantitative estimate of drug-likeness (QED) is 0.0394. The van der Waals surface area contributed by atoms with Gasteiger partial charge in [-0.15, -0.1) is 0 Å². The molecule has 0 aromatic heterocycles. The topological polar surface area (TPSA) is 29.5 Å². The molecule has 0 radical (unpaired) electrons. The van der Waals surface area contributed by atoms with Crippen LogP contribution in [0.5, 0.6) is 0 Å². The van der Waals surface area contributed by atoms with Gasteiger partial charge in [-0.05, 0) is 70.6 Å². The number of hydrogen-bond donors (Lipinski definition) is 1. The average molecular weight is 563 g/mol. The largest absolute Gasteiger partial charge is 0.307 e. The lowest BCUT2D eigenvalue weighted by Crippen LogP contribution is -2.09. The Kier molecular flexibility index (Phi) is 34.6. The molecule has 0 aromatic rings. The Hall–Kier alpha value is -0.770. The molecular weight excluding hydrogens is 496 g/mol. The summed E-state index contributed by atoms with van der Waals surface area (Å²) in [4.78, 5) is 0. The minimum atomic E-state index is 0.214. The predicted molar refractivity (Wildman–Crippen MR) is 178 cm³/mol. The third-order valence-electron chi connectivity index (χ3n) is 7.41. The van der Waals surface area contributed by atoms with Gasteiger partial charge >= 0.3 is 0 Å². The van der Waals surface area contributed by atoms with Gasteiger partial charge in [-0.2, -0.15) is 0 Å². The molecule has 0 aromatic carbocycles. The second-order valence-corrected chi connectivity index (χ2v) is 11.6. The Morgan fingerprint density at radius 1 is 0.487 bits per heavy atom. The molecule has 0 rings (SSSR count). The van der Waals surface area contributed by atoms with Crippen LogP contribution in [-0.4, -0.2) is 10.7 Å². The highest BCUT2D eigenvalue weighted by molar-refractivity contribution is 7.88. The van der Waals surface area contributed by atoms with E-state index in [0.717, 1.165) is 19.3 Å². The van der Waals surface area contributed by atoms with E-state index in [1.54, 1.807) is 0 Å². The van der Waals surface area contributed by atoms with Crippen LogP contribution in [0.4, 0.5) is 0 Å².